The molecule has 0 amide bonds. The van der Waals surface area contributed by atoms with Crippen molar-refractivity contribution in [2.24, 2.45) is 0 Å². The number of ether oxygens (including phenoxy) is 3. The van der Waals surface area contributed by atoms with Crippen LogP contribution in [-0.4, -0.2) is 42.0 Å². The highest BCUT2D eigenvalue weighted by atomic mass is 28.4. The van der Waals surface area contributed by atoms with Gasteiger partial charge in [-0.2, -0.15) is 0 Å². The summed E-state index contributed by atoms with van der Waals surface area (Å²) >= 11 is 0. The number of hydrogen-bond acceptors (Lipinski definition) is 4. The first-order valence-electron chi connectivity index (χ1n) is 8.07. The van der Waals surface area contributed by atoms with Crippen molar-refractivity contribution in [2.75, 3.05) is 27.6 Å². The lowest BCUT2D eigenvalue weighted by Crippen LogP contribution is -2.43. The Bertz CT molecular complexity index is 468. The Morgan fingerprint density at radius 1 is 1.13 bits per heavy atom. The lowest BCUT2D eigenvalue weighted by Gasteiger charge is -2.37. The maximum atomic E-state index is 6.31. The third kappa shape index (κ3) is 6.63. The van der Waals surface area contributed by atoms with Gasteiger partial charge in [0, 0.05) is 13.5 Å². The summed E-state index contributed by atoms with van der Waals surface area (Å²) < 4.78 is 22.5. The fourth-order valence-electron chi connectivity index (χ4n) is 1.91. The monoisotopic (exact) mass is 340 g/mol. The van der Waals surface area contributed by atoms with E-state index in [1.54, 1.807) is 14.2 Å². The van der Waals surface area contributed by atoms with Gasteiger partial charge >= 0.3 is 0 Å². The zero-order valence-electron chi connectivity index (χ0n) is 15.6. The molecule has 1 aromatic rings. The van der Waals surface area contributed by atoms with Gasteiger partial charge < -0.3 is 18.6 Å². The van der Waals surface area contributed by atoms with Crippen LogP contribution in [0, 0.1) is 0 Å². The highest BCUT2D eigenvalue weighted by Gasteiger charge is 2.37. The zero-order chi connectivity index (χ0) is 17.5. The summed E-state index contributed by atoms with van der Waals surface area (Å²) in [6, 6.07) is 8.06. The van der Waals surface area contributed by atoms with Crippen LogP contribution in [0.3, 0.4) is 0 Å². The van der Waals surface area contributed by atoms with Crippen molar-refractivity contribution in [3.05, 3.63) is 29.8 Å². The quantitative estimate of drug-likeness (QED) is 0.497. The molecule has 23 heavy (non-hydrogen) atoms. The number of hydrogen-bond donors (Lipinski definition) is 0. The third-order valence-electron chi connectivity index (χ3n) is 4.46. The minimum Gasteiger partial charge on any atom is -0.497 e. The van der Waals surface area contributed by atoms with Crippen molar-refractivity contribution >= 4 is 8.32 Å². The van der Waals surface area contributed by atoms with Gasteiger partial charge in [-0.3, -0.25) is 0 Å². The highest BCUT2D eigenvalue weighted by Crippen LogP contribution is 2.36. The van der Waals surface area contributed by atoms with Gasteiger partial charge in [0.15, 0.2) is 8.32 Å². The molecule has 1 atom stereocenters. The molecule has 0 saturated heterocycles. The molecule has 1 rings (SSSR count). The van der Waals surface area contributed by atoms with E-state index in [-0.39, 0.29) is 17.9 Å². The van der Waals surface area contributed by atoms with E-state index in [4.69, 9.17) is 18.6 Å². The largest absolute Gasteiger partial charge is 0.497 e. The van der Waals surface area contributed by atoms with E-state index in [1.807, 2.05) is 18.2 Å². The van der Waals surface area contributed by atoms with Crippen LogP contribution < -0.4 is 4.74 Å². The molecule has 0 heterocycles. The zero-order valence-corrected chi connectivity index (χ0v) is 16.6. The van der Waals surface area contributed by atoms with Crippen molar-refractivity contribution in [3.8, 4) is 5.75 Å². The van der Waals surface area contributed by atoms with E-state index in [9.17, 15) is 0 Å². The maximum absolute atomic E-state index is 6.31. The molecular formula is C18H32O4Si. The van der Waals surface area contributed by atoms with Gasteiger partial charge in [-0.1, -0.05) is 32.9 Å². The van der Waals surface area contributed by atoms with Crippen LogP contribution >= 0.6 is 0 Å². The summed E-state index contributed by atoms with van der Waals surface area (Å²) in [7, 11) is 1.53. The summed E-state index contributed by atoms with van der Waals surface area (Å²) in [5, 5.41) is 0.189. The van der Waals surface area contributed by atoms with E-state index >= 15 is 0 Å². The summed E-state index contributed by atoms with van der Waals surface area (Å²) in [5.41, 5.74) is 1.17. The van der Waals surface area contributed by atoms with Crippen LogP contribution in [0.4, 0.5) is 0 Å². The standard InChI is InChI=1S/C18H32O4Si/c1-18(2,3)23(6,7)22-13-17(21-14-19-4)12-15-9-8-10-16(11-15)20-5/h8-11,17H,12-14H2,1-7H3. The van der Waals surface area contributed by atoms with Gasteiger partial charge in [-0.25, -0.2) is 0 Å². The second-order valence-electron chi connectivity index (χ2n) is 7.32. The van der Waals surface area contributed by atoms with E-state index in [2.05, 4.69) is 39.9 Å². The molecule has 5 heteroatoms. The van der Waals surface area contributed by atoms with Crippen LogP contribution in [0.2, 0.25) is 18.1 Å². The number of benzene rings is 1. The molecule has 4 nitrogen and oxygen atoms in total. The van der Waals surface area contributed by atoms with Crippen molar-refractivity contribution < 1.29 is 18.6 Å². The van der Waals surface area contributed by atoms with Crippen LogP contribution in [0.25, 0.3) is 0 Å². The van der Waals surface area contributed by atoms with E-state index in [0.29, 0.717) is 6.61 Å². The van der Waals surface area contributed by atoms with Gasteiger partial charge in [0.2, 0.25) is 0 Å². The molecule has 0 radical (unpaired) electrons. The van der Waals surface area contributed by atoms with Crippen molar-refractivity contribution in [1.82, 2.24) is 0 Å². The first-order chi connectivity index (χ1) is 10.7. The van der Waals surface area contributed by atoms with Crippen molar-refractivity contribution in [2.45, 2.75) is 51.4 Å². The second-order valence-corrected chi connectivity index (χ2v) is 12.1. The third-order valence-corrected chi connectivity index (χ3v) is 8.96. The topological polar surface area (TPSA) is 36.9 Å². The van der Waals surface area contributed by atoms with Crippen LogP contribution in [-0.2, 0) is 20.3 Å². The lowest BCUT2D eigenvalue weighted by atomic mass is 10.1. The molecule has 0 N–H and O–H groups in total. The lowest BCUT2D eigenvalue weighted by molar-refractivity contribution is -0.0845. The predicted octanol–water partition coefficient (Wildman–Crippen LogP) is 4.25. The SMILES string of the molecule is COCOC(CO[Si](C)(C)C(C)(C)C)Cc1cccc(OC)c1. The van der Waals surface area contributed by atoms with Gasteiger partial charge in [-0.15, -0.1) is 0 Å². The fourth-order valence-corrected chi connectivity index (χ4v) is 2.95. The highest BCUT2D eigenvalue weighted by molar-refractivity contribution is 6.74. The molecule has 132 valence electrons. The molecule has 0 fully saturated rings. The average molecular weight is 341 g/mol. The average Bonchev–Trinajstić information content (AvgIpc) is 2.49. The maximum Gasteiger partial charge on any atom is 0.192 e. The molecule has 0 bridgehead atoms. The molecule has 1 aromatic carbocycles. The molecule has 0 spiro atoms. The van der Waals surface area contributed by atoms with E-state index < -0.39 is 8.32 Å². The van der Waals surface area contributed by atoms with Crippen LogP contribution in [0.1, 0.15) is 26.3 Å². The molecule has 0 aliphatic rings. The Morgan fingerprint density at radius 2 is 1.83 bits per heavy atom. The number of rotatable bonds is 9. The Morgan fingerprint density at radius 3 is 2.39 bits per heavy atom. The van der Waals surface area contributed by atoms with Gasteiger partial charge in [0.1, 0.15) is 12.5 Å². The Hall–Kier alpha value is -0.883. The Kier molecular flexibility index (Phi) is 7.74. The van der Waals surface area contributed by atoms with Crippen LogP contribution in [0.5, 0.6) is 5.75 Å². The summed E-state index contributed by atoms with van der Waals surface area (Å²) in [6.07, 6.45) is 0.742. The predicted molar refractivity (Wildman–Crippen MR) is 96.6 cm³/mol. The Balaban J connectivity index is 2.72. The molecule has 0 aliphatic carbocycles. The van der Waals surface area contributed by atoms with Gasteiger partial charge in [0.05, 0.1) is 19.8 Å². The first kappa shape index (κ1) is 20.2. The van der Waals surface area contributed by atoms with E-state index in [0.717, 1.165) is 12.2 Å². The van der Waals surface area contributed by atoms with Crippen LogP contribution in [0.15, 0.2) is 24.3 Å². The normalized spacial score (nSPS) is 13.9. The summed E-state index contributed by atoms with van der Waals surface area (Å²) in [4.78, 5) is 0. The molecular weight excluding hydrogens is 308 g/mol. The Labute approximate surface area is 142 Å². The summed E-state index contributed by atoms with van der Waals surface area (Å²) in [6.45, 7) is 12.1. The van der Waals surface area contributed by atoms with Crippen molar-refractivity contribution in [1.29, 1.82) is 0 Å². The smallest absolute Gasteiger partial charge is 0.192 e. The number of methoxy groups -OCH3 is 2. The molecule has 0 aromatic heterocycles. The summed E-state index contributed by atoms with van der Waals surface area (Å²) in [5.74, 6) is 0.860. The van der Waals surface area contributed by atoms with E-state index in [1.165, 1.54) is 5.56 Å². The fraction of sp³-hybridized carbons (Fsp3) is 0.667. The molecule has 0 aliphatic heterocycles. The van der Waals surface area contributed by atoms with Gasteiger partial charge in [0.25, 0.3) is 0 Å². The second kappa shape index (κ2) is 8.83. The van der Waals surface area contributed by atoms with Gasteiger partial charge in [-0.05, 0) is 35.8 Å². The first-order valence-corrected chi connectivity index (χ1v) is 11.0. The minimum atomic E-state index is -1.79. The molecule has 0 saturated carbocycles. The van der Waals surface area contributed by atoms with Crippen molar-refractivity contribution in [3.63, 3.8) is 0 Å². The molecule has 1 unspecified atom stereocenters. The minimum absolute atomic E-state index is 0.0313.